The van der Waals surface area contributed by atoms with Gasteiger partial charge in [0.1, 0.15) is 5.52 Å². The summed E-state index contributed by atoms with van der Waals surface area (Å²) in [6.45, 7) is 4.22. The van der Waals surface area contributed by atoms with Gasteiger partial charge in [0.2, 0.25) is 0 Å². The summed E-state index contributed by atoms with van der Waals surface area (Å²) in [6.07, 6.45) is 3.73. The molecule has 2 heterocycles. The summed E-state index contributed by atoms with van der Waals surface area (Å²) in [7, 11) is 0. The molecule has 1 aromatic heterocycles. The standard InChI is InChI=1S/C14H18N2O/c1-10-16-13-3-2-12(9-14(13)17-10)8-11-4-6-15-7-5-11/h2-3,9,11,15H,4-8H2,1H3. The highest BCUT2D eigenvalue weighted by Crippen LogP contribution is 2.22. The van der Waals surface area contributed by atoms with E-state index in [1.54, 1.807) is 0 Å². The van der Waals surface area contributed by atoms with Crippen LogP contribution in [0.3, 0.4) is 0 Å². The Morgan fingerprint density at radius 1 is 1.35 bits per heavy atom. The van der Waals surface area contributed by atoms with Gasteiger partial charge in [0.15, 0.2) is 11.5 Å². The molecule has 1 N–H and O–H groups in total. The number of oxazole rings is 1. The lowest BCUT2D eigenvalue weighted by Gasteiger charge is -2.22. The van der Waals surface area contributed by atoms with Crippen LogP contribution >= 0.6 is 0 Å². The Kier molecular flexibility index (Phi) is 2.85. The number of hydrogen-bond donors (Lipinski definition) is 1. The molecule has 0 bridgehead atoms. The van der Waals surface area contributed by atoms with Crippen molar-refractivity contribution in [2.24, 2.45) is 5.92 Å². The quantitative estimate of drug-likeness (QED) is 0.862. The number of aryl methyl sites for hydroxylation is 1. The van der Waals surface area contributed by atoms with Crippen molar-refractivity contribution < 1.29 is 4.42 Å². The van der Waals surface area contributed by atoms with Crippen molar-refractivity contribution in [1.82, 2.24) is 10.3 Å². The number of nitrogens with zero attached hydrogens (tertiary/aromatic N) is 1. The molecule has 2 aromatic rings. The van der Waals surface area contributed by atoms with E-state index in [9.17, 15) is 0 Å². The molecule has 3 heteroatoms. The molecule has 0 atom stereocenters. The zero-order chi connectivity index (χ0) is 11.7. The first-order chi connectivity index (χ1) is 8.31. The van der Waals surface area contributed by atoms with Crippen molar-refractivity contribution in [3.05, 3.63) is 29.7 Å². The second-order valence-electron chi connectivity index (χ2n) is 4.93. The van der Waals surface area contributed by atoms with Crippen LogP contribution in [0.2, 0.25) is 0 Å². The summed E-state index contributed by atoms with van der Waals surface area (Å²) in [5.41, 5.74) is 3.27. The summed E-state index contributed by atoms with van der Waals surface area (Å²) >= 11 is 0. The van der Waals surface area contributed by atoms with Crippen LogP contribution in [0.25, 0.3) is 11.1 Å². The Balaban J connectivity index is 1.79. The maximum atomic E-state index is 5.57. The van der Waals surface area contributed by atoms with Gasteiger partial charge >= 0.3 is 0 Å². The Bertz CT molecular complexity index is 512. The molecule has 1 aliphatic rings. The number of aromatic nitrogens is 1. The molecule has 1 saturated heterocycles. The van der Waals surface area contributed by atoms with Crippen molar-refractivity contribution >= 4 is 11.1 Å². The molecule has 90 valence electrons. The lowest BCUT2D eigenvalue weighted by atomic mass is 9.91. The monoisotopic (exact) mass is 230 g/mol. The van der Waals surface area contributed by atoms with Crippen molar-refractivity contribution in [3.63, 3.8) is 0 Å². The van der Waals surface area contributed by atoms with E-state index < -0.39 is 0 Å². The Hall–Kier alpha value is -1.35. The molecule has 0 radical (unpaired) electrons. The molecule has 0 unspecified atom stereocenters. The van der Waals surface area contributed by atoms with Gasteiger partial charge in [-0.2, -0.15) is 0 Å². The van der Waals surface area contributed by atoms with Crippen molar-refractivity contribution in [1.29, 1.82) is 0 Å². The zero-order valence-corrected chi connectivity index (χ0v) is 10.2. The van der Waals surface area contributed by atoms with Gasteiger partial charge in [-0.3, -0.25) is 0 Å². The second kappa shape index (κ2) is 4.49. The third-order valence-corrected chi connectivity index (χ3v) is 3.54. The smallest absolute Gasteiger partial charge is 0.192 e. The first-order valence-electron chi connectivity index (χ1n) is 6.38. The molecule has 1 fully saturated rings. The van der Waals surface area contributed by atoms with E-state index in [1.165, 1.54) is 18.4 Å². The van der Waals surface area contributed by atoms with Crippen molar-refractivity contribution in [2.75, 3.05) is 13.1 Å². The fourth-order valence-electron chi connectivity index (χ4n) is 2.63. The molecule has 0 amide bonds. The SMILES string of the molecule is Cc1nc2ccc(CC3CCNCC3)cc2o1. The fraction of sp³-hybridized carbons (Fsp3) is 0.500. The molecule has 3 nitrogen and oxygen atoms in total. The van der Waals surface area contributed by atoms with E-state index in [-0.39, 0.29) is 0 Å². The molecule has 0 saturated carbocycles. The zero-order valence-electron chi connectivity index (χ0n) is 10.2. The first kappa shape index (κ1) is 10.8. The molecule has 0 spiro atoms. The minimum absolute atomic E-state index is 0.749. The third kappa shape index (κ3) is 2.34. The van der Waals surface area contributed by atoms with Gasteiger partial charge in [-0.25, -0.2) is 4.98 Å². The van der Waals surface area contributed by atoms with Gasteiger partial charge in [0, 0.05) is 6.92 Å². The van der Waals surface area contributed by atoms with E-state index in [0.717, 1.165) is 42.4 Å². The van der Waals surface area contributed by atoms with Gasteiger partial charge in [-0.1, -0.05) is 6.07 Å². The van der Waals surface area contributed by atoms with E-state index >= 15 is 0 Å². The number of nitrogens with one attached hydrogen (secondary N) is 1. The number of hydrogen-bond acceptors (Lipinski definition) is 3. The lowest BCUT2D eigenvalue weighted by Crippen LogP contribution is -2.28. The van der Waals surface area contributed by atoms with E-state index in [4.69, 9.17) is 4.42 Å². The highest BCUT2D eigenvalue weighted by atomic mass is 16.3. The highest BCUT2D eigenvalue weighted by Gasteiger charge is 2.14. The van der Waals surface area contributed by atoms with Gasteiger partial charge < -0.3 is 9.73 Å². The predicted octanol–water partition coefficient (Wildman–Crippen LogP) is 2.68. The Labute approximate surface area is 101 Å². The normalized spacial score (nSPS) is 17.7. The maximum absolute atomic E-state index is 5.57. The molecule has 17 heavy (non-hydrogen) atoms. The molecule has 0 aliphatic carbocycles. The van der Waals surface area contributed by atoms with Crippen LogP contribution in [0, 0.1) is 12.8 Å². The van der Waals surface area contributed by atoms with Gasteiger partial charge in [0.05, 0.1) is 0 Å². The number of piperidine rings is 1. The molecule has 1 aromatic carbocycles. The van der Waals surface area contributed by atoms with E-state index in [1.807, 2.05) is 6.92 Å². The molecular formula is C14H18N2O. The van der Waals surface area contributed by atoms with Crippen LogP contribution in [0.15, 0.2) is 22.6 Å². The minimum atomic E-state index is 0.749. The van der Waals surface area contributed by atoms with Crippen LogP contribution in [0.4, 0.5) is 0 Å². The average molecular weight is 230 g/mol. The van der Waals surface area contributed by atoms with Crippen molar-refractivity contribution in [2.45, 2.75) is 26.2 Å². The van der Waals surface area contributed by atoms with Crippen LogP contribution in [-0.2, 0) is 6.42 Å². The fourth-order valence-corrected chi connectivity index (χ4v) is 2.63. The number of benzene rings is 1. The van der Waals surface area contributed by atoms with Gasteiger partial charge in [-0.15, -0.1) is 0 Å². The van der Waals surface area contributed by atoms with Gasteiger partial charge in [0.25, 0.3) is 0 Å². The summed E-state index contributed by atoms with van der Waals surface area (Å²) in [6, 6.07) is 6.41. The predicted molar refractivity (Wildman–Crippen MR) is 68.0 cm³/mol. The number of rotatable bonds is 2. The topological polar surface area (TPSA) is 38.1 Å². The first-order valence-corrected chi connectivity index (χ1v) is 6.38. The van der Waals surface area contributed by atoms with Crippen molar-refractivity contribution in [3.8, 4) is 0 Å². The Morgan fingerprint density at radius 3 is 3.00 bits per heavy atom. The second-order valence-corrected chi connectivity index (χ2v) is 4.93. The average Bonchev–Trinajstić information content (AvgIpc) is 2.70. The van der Waals surface area contributed by atoms with Crippen LogP contribution in [0.1, 0.15) is 24.3 Å². The molecule has 3 rings (SSSR count). The maximum Gasteiger partial charge on any atom is 0.192 e. The minimum Gasteiger partial charge on any atom is -0.441 e. The summed E-state index contributed by atoms with van der Waals surface area (Å²) in [4.78, 5) is 4.32. The number of fused-ring (bicyclic) bond motifs is 1. The molecular weight excluding hydrogens is 212 g/mol. The van der Waals surface area contributed by atoms with Gasteiger partial charge in [-0.05, 0) is 56.0 Å². The van der Waals surface area contributed by atoms with E-state index in [2.05, 4.69) is 28.5 Å². The largest absolute Gasteiger partial charge is 0.441 e. The van der Waals surface area contributed by atoms with Crippen LogP contribution in [-0.4, -0.2) is 18.1 Å². The Morgan fingerprint density at radius 2 is 2.18 bits per heavy atom. The summed E-state index contributed by atoms with van der Waals surface area (Å²) < 4.78 is 5.57. The third-order valence-electron chi connectivity index (χ3n) is 3.54. The summed E-state index contributed by atoms with van der Waals surface area (Å²) in [5.74, 6) is 1.57. The summed E-state index contributed by atoms with van der Waals surface area (Å²) in [5, 5.41) is 3.40. The van der Waals surface area contributed by atoms with E-state index in [0.29, 0.717) is 0 Å². The highest BCUT2D eigenvalue weighted by molar-refractivity contribution is 5.73. The van der Waals surface area contributed by atoms with Crippen LogP contribution in [0.5, 0.6) is 0 Å². The van der Waals surface area contributed by atoms with Crippen LogP contribution < -0.4 is 5.32 Å². The lowest BCUT2D eigenvalue weighted by molar-refractivity contribution is 0.372. The molecule has 1 aliphatic heterocycles.